The summed E-state index contributed by atoms with van der Waals surface area (Å²) in [7, 11) is 0. The molecule has 1 heteroatoms. The molecule has 0 aliphatic heterocycles. The van der Waals surface area contributed by atoms with Crippen molar-refractivity contribution < 1.29 is 0 Å². The topological polar surface area (TPSA) is 26.0 Å². The average Bonchev–Trinajstić information content (AvgIpc) is 1.86. The molecule has 1 aliphatic rings. The molecule has 2 N–H and O–H groups in total. The first-order chi connectivity index (χ1) is 5.00. The molecular formula is C10H19N. The first-order valence-corrected chi connectivity index (χ1v) is 4.44. The van der Waals surface area contributed by atoms with Gasteiger partial charge in [0.25, 0.3) is 0 Å². The van der Waals surface area contributed by atoms with Crippen LogP contribution in [-0.2, 0) is 0 Å². The molecule has 11 heavy (non-hydrogen) atoms. The third-order valence-electron chi connectivity index (χ3n) is 2.63. The van der Waals surface area contributed by atoms with Crippen molar-refractivity contribution >= 4 is 0 Å². The molecule has 0 fully saturated rings. The molecule has 0 saturated heterocycles. The minimum Gasteiger partial charge on any atom is -0.402 e. The Balaban J connectivity index is 2.58. The van der Waals surface area contributed by atoms with Gasteiger partial charge in [-0.3, -0.25) is 0 Å². The van der Waals surface area contributed by atoms with Crippen LogP contribution in [-0.4, -0.2) is 0 Å². The highest BCUT2D eigenvalue weighted by molar-refractivity contribution is 5.03. The van der Waals surface area contributed by atoms with E-state index in [9.17, 15) is 0 Å². The fraction of sp³-hybridized carbons (Fsp3) is 0.800. The van der Waals surface area contributed by atoms with E-state index in [-0.39, 0.29) is 0 Å². The van der Waals surface area contributed by atoms with Gasteiger partial charge < -0.3 is 5.73 Å². The number of hydrogen-bond donors (Lipinski definition) is 1. The van der Waals surface area contributed by atoms with Crippen molar-refractivity contribution in [3.8, 4) is 0 Å². The SMILES string of the molecule is CC(C)(C)C1CCC=C(N)C1. The van der Waals surface area contributed by atoms with E-state index < -0.39 is 0 Å². The Morgan fingerprint density at radius 1 is 1.45 bits per heavy atom. The van der Waals surface area contributed by atoms with Crippen molar-refractivity contribution in [3.63, 3.8) is 0 Å². The summed E-state index contributed by atoms with van der Waals surface area (Å²) >= 11 is 0. The van der Waals surface area contributed by atoms with E-state index in [1.807, 2.05) is 0 Å². The highest BCUT2D eigenvalue weighted by Crippen LogP contribution is 2.36. The van der Waals surface area contributed by atoms with Crippen molar-refractivity contribution in [2.24, 2.45) is 17.1 Å². The van der Waals surface area contributed by atoms with Gasteiger partial charge in [-0.15, -0.1) is 0 Å². The lowest BCUT2D eigenvalue weighted by molar-refractivity contribution is 0.218. The summed E-state index contributed by atoms with van der Waals surface area (Å²) in [5.74, 6) is 0.785. The predicted molar refractivity (Wildman–Crippen MR) is 49.1 cm³/mol. The summed E-state index contributed by atoms with van der Waals surface area (Å²) in [6, 6.07) is 0. The number of rotatable bonds is 0. The lowest BCUT2D eigenvalue weighted by atomic mass is 9.74. The zero-order valence-electron chi connectivity index (χ0n) is 7.85. The molecule has 0 saturated carbocycles. The Morgan fingerprint density at radius 3 is 2.45 bits per heavy atom. The van der Waals surface area contributed by atoms with Crippen molar-refractivity contribution in [1.29, 1.82) is 0 Å². The van der Waals surface area contributed by atoms with Gasteiger partial charge in [0.2, 0.25) is 0 Å². The Kier molecular flexibility index (Phi) is 2.26. The molecule has 1 nitrogen and oxygen atoms in total. The highest BCUT2D eigenvalue weighted by Gasteiger charge is 2.25. The van der Waals surface area contributed by atoms with Crippen molar-refractivity contribution in [2.75, 3.05) is 0 Å². The predicted octanol–water partition coefficient (Wildman–Crippen LogP) is 2.68. The summed E-state index contributed by atoms with van der Waals surface area (Å²) in [6.07, 6.45) is 5.75. The quantitative estimate of drug-likeness (QED) is 0.569. The van der Waals surface area contributed by atoms with Gasteiger partial charge in [-0.25, -0.2) is 0 Å². The zero-order valence-corrected chi connectivity index (χ0v) is 7.85. The van der Waals surface area contributed by atoms with Crippen LogP contribution < -0.4 is 5.73 Å². The third-order valence-corrected chi connectivity index (χ3v) is 2.63. The molecule has 0 spiro atoms. The van der Waals surface area contributed by atoms with Crippen LogP contribution in [0.1, 0.15) is 40.0 Å². The van der Waals surface area contributed by atoms with E-state index in [4.69, 9.17) is 5.73 Å². The van der Waals surface area contributed by atoms with Crippen LogP contribution in [0, 0.1) is 11.3 Å². The van der Waals surface area contributed by atoms with Gasteiger partial charge in [0, 0.05) is 5.70 Å². The second-order valence-electron chi connectivity index (χ2n) is 4.62. The second-order valence-corrected chi connectivity index (χ2v) is 4.62. The van der Waals surface area contributed by atoms with Crippen molar-refractivity contribution in [3.05, 3.63) is 11.8 Å². The molecule has 0 aromatic rings. The van der Waals surface area contributed by atoms with Gasteiger partial charge in [-0.05, 0) is 30.6 Å². The maximum Gasteiger partial charge on any atom is 0.00429 e. The van der Waals surface area contributed by atoms with Crippen LogP contribution in [0.25, 0.3) is 0 Å². The normalized spacial score (nSPS) is 26.5. The van der Waals surface area contributed by atoms with E-state index >= 15 is 0 Å². The summed E-state index contributed by atoms with van der Waals surface area (Å²) in [5.41, 5.74) is 7.31. The summed E-state index contributed by atoms with van der Waals surface area (Å²) in [6.45, 7) is 6.91. The van der Waals surface area contributed by atoms with E-state index in [1.165, 1.54) is 12.8 Å². The number of nitrogens with two attached hydrogens (primary N) is 1. The van der Waals surface area contributed by atoms with Gasteiger partial charge in [-0.2, -0.15) is 0 Å². The fourth-order valence-corrected chi connectivity index (χ4v) is 1.68. The fourth-order valence-electron chi connectivity index (χ4n) is 1.68. The molecule has 0 aromatic carbocycles. The van der Waals surface area contributed by atoms with Crippen molar-refractivity contribution in [2.45, 2.75) is 40.0 Å². The molecule has 64 valence electrons. The highest BCUT2D eigenvalue weighted by atomic mass is 14.6. The van der Waals surface area contributed by atoms with Crippen LogP contribution in [0.3, 0.4) is 0 Å². The Morgan fingerprint density at radius 2 is 2.09 bits per heavy atom. The molecule has 0 amide bonds. The molecule has 0 radical (unpaired) electrons. The van der Waals surface area contributed by atoms with Crippen LogP contribution in [0.15, 0.2) is 11.8 Å². The maximum atomic E-state index is 5.78. The first-order valence-electron chi connectivity index (χ1n) is 4.44. The first kappa shape index (κ1) is 8.63. The Hall–Kier alpha value is -0.460. The average molecular weight is 153 g/mol. The lowest BCUT2D eigenvalue weighted by Crippen LogP contribution is -2.24. The van der Waals surface area contributed by atoms with Gasteiger partial charge in [0.05, 0.1) is 0 Å². The van der Waals surface area contributed by atoms with E-state index in [0.717, 1.165) is 18.0 Å². The van der Waals surface area contributed by atoms with Crippen LogP contribution in [0.5, 0.6) is 0 Å². The van der Waals surface area contributed by atoms with Crippen LogP contribution >= 0.6 is 0 Å². The lowest BCUT2D eigenvalue weighted by Gasteiger charge is -2.33. The number of allylic oxidation sites excluding steroid dienone is 2. The largest absolute Gasteiger partial charge is 0.402 e. The van der Waals surface area contributed by atoms with E-state index in [0.29, 0.717) is 5.41 Å². The summed E-state index contributed by atoms with van der Waals surface area (Å²) in [5, 5.41) is 0. The van der Waals surface area contributed by atoms with Crippen LogP contribution in [0.4, 0.5) is 0 Å². The molecule has 0 aromatic heterocycles. The summed E-state index contributed by atoms with van der Waals surface area (Å²) < 4.78 is 0. The van der Waals surface area contributed by atoms with Gasteiger partial charge in [0.15, 0.2) is 0 Å². The monoisotopic (exact) mass is 153 g/mol. The maximum absolute atomic E-state index is 5.78. The standard InChI is InChI=1S/C10H19N/c1-10(2,3)8-5-4-6-9(11)7-8/h6,8H,4-5,7,11H2,1-3H3. The van der Waals surface area contributed by atoms with E-state index in [2.05, 4.69) is 26.8 Å². The molecule has 1 rings (SSSR count). The van der Waals surface area contributed by atoms with E-state index in [1.54, 1.807) is 0 Å². The minimum absolute atomic E-state index is 0.429. The minimum atomic E-state index is 0.429. The van der Waals surface area contributed by atoms with Crippen LogP contribution in [0.2, 0.25) is 0 Å². The second kappa shape index (κ2) is 2.88. The zero-order chi connectivity index (χ0) is 8.48. The smallest absolute Gasteiger partial charge is 0.00429 e. The third kappa shape index (κ3) is 2.25. The molecule has 0 heterocycles. The molecular weight excluding hydrogens is 134 g/mol. The van der Waals surface area contributed by atoms with Gasteiger partial charge in [-0.1, -0.05) is 26.8 Å². The van der Waals surface area contributed by atoms with Gasteiger partial charge in [0.1, 0.15) is 0 Å². The Labute approximate surface area is 69.7 Å². The van der Waals surface area contributed by atoms with Gasteiger partial charge >= 0.3 is 0 Å². The molecule has 1 atom stereocenters. The molecule has 1 aliphatic carbocycles. The van der Waals surface area contributed by atoms with Crippen molar-refractivity contribution in [1.82, 2.24) is 0 Å². The number of hydrogen-bond acceptors (Lipinski definition) is 1. The molecule has 1 unspecified atom stereocenters. The Bertz CT molecular complexity index is 162. The molecule has 0 bridgehead atoms. The summed E-state index contributed by atoms with van der Waals surface area (Å²) in [4.78, 5) is 0.